The molecular weight excluding hydrogens is 382 g/mol. The van der Waals surface area contributed by atoms with Crippen molar-refractivity contribution in [2.45, 2.75) is 0 Å². The van der Waals surface area contributed by atoms with Crippen LogP contribution in [0.15, 0.2) is 61.4 Å². The van der Waals surface area contributed by atoms with Gasteiger partial charge in [0.25, 0.3) is 5.91 Å². The van der Waals surface area contributed by atoms with Gasteiger partial charge in [-0.05, 0) is 24.3 Å². The smallest absolute Gasteiger partial charge is 0.259 e. The molecule has 0 radical (unpaired) electrons. The van der Waals surface area contributed by atoms with Gasteiger partial charge in [0.1, 0.15) is 0 Å². The number of morpholine rings is 1. The summed E-state index contributed by atoms with van der Waals surface area (Å²) in [6, 6.07) is 7.32. The summed E-state index contributed by atoms with van der Waals surface area (Å²) in [7, 11) is 0. The fourth-order valence-electron chi connectivity index (χ4n) is 3.48. The molecule has 0 atom stereocenters. The largest absolute Gasteiger partial charge is 0.378 e. The standard InChI is InChI=1S/C21H19N7O2/c29-21(26-17-13-23-6-4-19(17)27-8-10-30-11-9-27)16-3-7-24-28-14-18(25-20(16)28)15-2-1-5-22-12-15/h1-7,12-14H,8-11H2,(H,26,29). The quantitative estimate of drug-likeness (QED) is 0.560. The Morgan fingerprint density at radius 1 is 1.03 bits per heavy atom. The normalized spacial score (nSPS) is 14.1. The summed E-state index contributed by atoms with van der Waals surface area (Å²) in [5.41, 5.74) is 4.04. The third-order valence-corrected chi connectivity index (χ3v) is 4.96. The third kappa shape index (κ3) is 3.46. The Bertz CT molecular complexity index is 1190. The van der Waals surface area contributed by atoms with Crippen LogP contribution >= 0.6 is 0 Å². The van der Waals surface area contributed by atoms with E-state index >= 15 is 0 Å². The van der Waals surface area contributed by atoms with E-state index in [0.717, 1.165) is 24.3 Å². The first kappa shape index (κ1) is 18.2. The van der Waals surface area contributed by atoms with Crippen LogP contribution in [0.25, 0.3) is 16.9 Å². The van der Waals surface area contributed by atoms with Crippen LogP contribution in [0.5, 0.6) is 0 Å². The number of fused-ring (bicyclic) bond motifs is 1. The topological polar surface area (TPSA) is 97.5 Å². The summed E-state index contributed by atoms with van der Waals surface area (Å²) >= 11 is 0. The molecule has 1 aliphatic rings. The molecular formula is C21H19N7O2. The van der Waals surface area contributed by atoms with E-state index in [-0.39, 0.29) is 5.91 Å². The van der Waals surface area contributed by atoms with E-state index in [1.165, 1.54) is 0 Å². The van der Waals surface area contributed by atoms with E-state index in [4.69, 9.17) is 4.74 Å². The van der Waals surface area contributed by atoms with Gasteiger partial charge in [0.2, 0.25) is 0 Å². The van der Waals surface area contributed by atoms with E-state index in [0.29, 0.717) is 35.8 Å². The summed E-state index contributed by atoms with van der Waals surface area (Å²) in [5.74, 6) is -0.270. The number of carbonyl (C=O) groups excluding carboxylic acids is 1. The minimum absolute atomic E-state index is 0.270. The molecule has 1 aliphatic heterocycles. The lowest BCUT2D eigenvalue weighted by atomic mass is 10.2. The average molecular weight is 401 g/mol. The maximum Gasteiger partial charge on any atom is 0.259 e. The molecule has 9 nitrogen and oxygen atoms in total. The molecule has 9 heteroatoms. The van der Waals surface area contributed by atoms with Gasteiger partial charge in [0.15, 0.2) is 5.65 Å². The minimum Gasteiger partial charge on any atom is -0.378 e. The molecule has 1 amide bonds. The van der Waals surface area contributed by atoms with Crippen molar-refractivity contribution < 1.29 is 9.53 Å². The Hall–Kier alpha value is -3.85. The summed E-state index contributed by atoms with van der Waals surface area (Å²) < 4.78 is 7.03. The van der Waals surface area contributed by atoms with Gasteiger partial charge in [-0.3, -0.25) is 14.8 Å². The van der Waals surface area contributed by atoms with Crippen LogP contribution < -0.4 is 10.2 Å². The number of amides is 1. The number of carbonyl (C=O) groups is 1. The number of rotatable bonds is 4. The zero-order chi connectivity index (χ0) is 20.3. The summed E-state index contributed by atoms with van der Waals surface area (Å²) in [6.45, 7) is 2.85. The van der Waals surface area contributed by atoms with E-state index < -0.39 is 0 Å². The Morgan fingerprint density at radius 3 is 2.73 bits per heavy atom. The third-order valence-electron chi connectivity index (χ3n) is 4.96. The molecule has 4 aromatic rings. The number of pyridine rings is 2. The van der Waals surface area contributed by atoms with E-state index in [1.807, 2.05) is 18.2 Å². The highest BCUT2D eigenvalue weighted by molar-refractivity contribution is 6.09. The SMILES string of the molecule is O=C(Nc1cnccc1N1CCOCC1)c1ccnn2cc(-c3cccnc3)nc12. The maximum atomic E-state index is 13.1. The van der Waals surface area contributed by atoms with Crippen LogP contribution in [0, 0.1) is 0 Å². The minimum atomic E-state index is -0.270. The summed E-state index contributed by atoms with van der Waals surface area (Å²) in [6.07, 6.45) is 10.2. The molecule has 4 aromatic heterocycles. The fraction of sp³-hybridized carbons (Fsp3) is 0.190. The van der Waals surface area contributed by atoms with Crippen molar-refractivity contribution in [3.05, 3.63) is 67.0 Å². The molecule has 1 fully saturated rings. The molecule has 0 saturated carbocycles. The van der Waals surface area contributed by atoms with Crippen LogP contribution in [0.2, 0.25) is 0 Å². The predicted molar refractivity (Wildman–Crippen MR) is 111 cm³/mol. The molecule has 5 heterocycles. The number of anilines is 2. The highest BCUT2D eigenvalue weighted by Gasteiger charge is 2.19. The first-order chi connectivity index (χ1) is 14.8. The lowest BCUT2D eigenvalue weighted by Crippen LogP contribution is -2.36. The molecule has 5 rings (SSSR count). The lowest BCUT2D eigenvalue weighted by Gasteiger charge is -2.30. The van der Waals surface area contributed by atoms with Crippen molar-refractivity contribution in [2.24, 2.45) is 0 Å². The van der Waals surface area contributed by atoms with Crippen molar-refractivity contribution in [1.82, 2.24) is 24.6 Å². The predicted octanol–water partition coefficient (Wildman–Crippen LogP) is 2.28. The molecule has 0 unspecified atom stereocenters. The van der Waals surface area contributed by atoms with Gasteiger partial charge < -0.3 is 15.0 Å². The van der Waals surface area contributed by atoms with Gasteiger partial charge in [-0.15, -0.1) is 0 Å². The Morgan fingerprint density at radius 2 is 1.90 bits per heavy atom. The van der Waals surface area contributed by atoms with Gasteiger partial charge in [-0.2, -0.15) is 5.10 Å². The number of nitrogens with zero attached hydrogens (tertiary/aromatic N) is 6. The maximum absolute atomic E-state index is 13.1. The van der Waals surface area contributed by atoms with E-state index in [1.54, 1.807) is 47.8 Å². The first-order valence-electron chi connectivity index (χ1n) is 9.62. The molecule has 0 bridgehead atoms. The Labute approximate surface area is 172 Å². The number of hydrogen-bond donors (Lipinski definition) is 1. The van der Waals surface area contributed by atoms with E-state index in [9.17, 15) is 4.79 Å². The van der Waals surface area contributed by atoms with Gasteiger partial charge in [0.05, 0.1) is 48.2 Å². The Kier molecular flexibility index (Phi) is 4.78. The van der Waals surface area contributed by atoms with Crippen molar-refractivity contribution >= 4 is 22.9 Å². The zero-order valence-corrected chi connectivity index (χ0v) is 16.1. The van der Waals surface area contributed by atoms with Crippen molar-refractivity contribution in [2.75, 3.05) is 36.5 Å². The number of hydrogen-bond acceptors (Lipinski definition) is 7. The second kappa shape index (κ2) is 7.88. The van der Waals surface area contributed by atoms with Crippen molar-refractivity contribution in [3.63, 3.8) is 0 Å². The number of imidazole rings is 1. The molecule has 0 aromatic carbocycles. The van der Waals surface area contributed by atoms with E-state index in [2.05, 4.69) is 30.3 Å². The number of nitrogens with one attached hydrogen (secondary N) is 1. The van der Waals surface area contributed by atoms with Gasteiger partial charge in [-0.1, -0.05) is 0 Å². The van der Waals surface area contributed by atoms with Gasteiger partial charge in [0, 0.05) is 43.4 Å². The lowest BCUT2D eigenvalue weighted by molar-refractivity contribution is 0.102. The van der Waals surface area contributed by atoms with Crippen molar-refractivity contribution in [3.8, 4) is 11.3 Å². The zero-order valence-electron chi connectivity index (χ0n) is 16.1. The fourth-order valence-corrected chi connectivity index (χ4v) is 3.48. The molecule has 0 spiro atoms. The molecule has 150 valence electrons. The average Bonchev–Trinajstić information content (AvgIpc) is 3.25. The second-order valence-electron chi connectivity index (χ2n) is 6.83. The number of ether oxygens (including phenoxy) is 1. The van der Waals surface area contributed by atoms with Crippen LogP contribution in [-0.2, 0) is 4.74 Å². The van der Waals surface area contributed by atoms with Crippen LogP contribution in [0.3, 0.4) is 0 Å². The van der Waals surface area contributed by atoms with Gasteiger partial charge in [-0.25, -0.2) is 9.50 Å². The van der Waals surface area contributed by atoms with Crippen LogP contribution in [0.4, 0.5) is 11.4 Å². The first-order valence-corrected chi connectivity index (χ1v) is 9.62. The summed E-state index contributed by atoms with van der Waals surface area (Å²) in [5, 5.41) is 7.28. The second-order valence-corrected chi connectivity index (χ2v) is 6.83. The van der Waals surface area contributed by atoms with Gasteiger partial charge >= 0.3 is 0 Å². The molecule has 1 N–H and O–H groups in total. The van der Waals surface area contributed by atoms with Crippen LogP contribution in [0.1, 0.15) is 10.4 Å². The number of aromatic nitrogens is 5. The van der Waals surface area contributed by atoms with Crippen LogP contribution in [-0.4, -0.2) is 56.8 Å². The van der Waals surface area contributed by atoms with Crippen molar-refractivity contribution in [1.29, 1.82) is 0 Å². The summed E-state index contributed by atoms with van der Waals surface area (Å²) in [4.78, 5) is 28.2. The monoisotopic (exact) mass is 401 g/mol. The Balaban J connectivity index is 1.47. The molecule has 1 saturated heterocycles. The highest BCUT2D eigenvalue weighted by Crippen LogP contribution is 2.26. The molecule has 0 aliphatic carbocycles. The highest BCUT2D eigenvalue weighted by atomic mass is 16.5. The molecule has 30 heavy (non-hydrogen) atoms.